The number of fused-ring (bicyclic) bond motifs is 11. The zero-order valence-corrected chi connectivity index (χ0v) is 30.8. The van der Waals surface area contributed by atoms with E-state index >= 15 is 0 Å². The molecule has 0 saturated carbocycles. The van der Waals surface area contributed by atoms with Crippen LogP contribution in [0.5, 0.6) is 0 Å². The average Bonchev–Trinajstić information content (AvgIpc) is 3.79. The van der Waals surface area contributed by atoms with Gasteiger partial charge in [0.1, 0.15) is 0 Å². The second kappa shape index (κ2) is 11.6. The number of thiophene rings is 2. The zero-order chi connectivity index (χ0) is 35.3. The molecular formula is C52H30S2. The second-order valence-corrected chi connectivity index (χ2v) is 16.4. The first-order valence-electron chi connectivity index (χ1n) is 18.5. The number of hydrogen-bond donors (Lipinski definition) is 0. The van der Waals surface area contributed by atoms with E-state index < -0.39 is 0 Å². The Balaban J connectivity index is 1.16. The number of rotatable bonds is 3. The monoisotopic (exact) mass is 718 g/mol. The van der Waals surface area contributed by atoms with Crippen molar-refractivity contribution in [2.75, 3.05) is 0 Å². The minimum absolute atomic E-state index is 1.23. The summed E-state index contributed by atoms with van der Waals surface area (Å²) in [4.78, 5) is 0. The van der Waals surface area contributed by atoms with Crippen molar-refractivity contribution < 1.29 is 0 Å². The third-order valence-electron chi connectivity index (χ3n) is 11.4. The van der Waals surface area contributed by atoms with Gasteiger partial charge in [-0.25, -0.2) is 0 Å². The summed E-state index contributed by atoms with van der Waals surface area (Å²) < 4.78 is 5.39. The van der Waals surface area contributed by atoms with Crippen molar-refractivity contribution >= 4 is 106 Å². The summed E-state index contributed by atoms with van der Waals surface area (Å²) in [6.07, 6.45) is 0. The molecule has 0 bridgehead atoms. The molecule has 0 amide bonds. The van der Waals surface area contributed by atoms with E-state index in [1.54, 1.807) is 0 Å². The smallest absolute Gasteiger partial charge is 0.0440 e. The first-order chi connectivity index (χ1) is 26.8. The van der Waals surface area contributed by atoms with Crippen molar-refractivity contribution in [2.24, 2.45) is 0 Å². The highest BCUT2D eigenvalue weighted by Gasteiger charge is 2.21. The predicted molar refractivity (Wildman–Crippen MR) is 239 cm³/mol. The third kappa shape index (κ3) is 4.30. The van der Waals surface area contributed by atoms with Crippen LogP contribution in [0, 0.1) is 0 Å². The van der Waals surface area contributed by atoms with E-state index in [-0.39, 0.29) is 0 Å². The van der Waals surface area contributed by atoms with Crippen LogP contribution in [0.2, 0.25) is 0 Å². The van der Waals surface area contributed by atoms with Crippen molar-refractivity contribution in [3.63, 3.8) is 0 Å². The van der Waals surface area contributed by atoms with Gasteiger partial charge in [0.15, 0.2) is 0 Å². The quantitative estimate of drug-likeness (QED) is 0.160. The highest BCUT2D eigenvalue weighted by Crippen LogP contribution is 2.50. The molecule has 0 N–H and O–H groups in total. The molecule has 0 unspecified atom stereocenters. The largest absolute Gasteiger partial charge is 0.135 e. The van der Waals surface area contributed by atoms with Crippen LogP contribution in [0.25, 0.3) is 117 Å². The molecule has 0 spiro atoms. The van der Waals surface area contributed by atoms with E-state index in [1.165, 1.54) is 117 Å². The van der Waals surface area contributed by atoms with E-state index in [9.17, 15) is 0 Å². The molecule has 2 heterocycles. The normalized spacial score (nSPS) is 12.1. The average molecular weight is 719 g/mol. The van der Waals surface area contributed by atoms with Crippen LogP contribution in [-0.2, 0) is 0 Å². The molecule has 10 aromatic carbocycles. The van der Waals surface area contributed by atoms with Gasteiger partial charge in [0, 0.05) is 45.9 Å². The molecule has 0 atom stereocenters. The maximum atomic E-state index is 2.45. The summed E-state index contributed by atoms with van der Waals surface area (Å²) in [5.74, 6) is 0. The Morgan fingerprint density at radius 1 is 0.278 bits per heavy atom. The lowest BCUT2D eigenvalue weighted by molar-refractivity contribution is 1.65. The second-order valence-electron chi connectivity index (χ2n) is 14.3. The van der Waals surface area contributed by atoms with Crippen molar-refractivity contribution in [3.8, 4) is 33.4 Å². The molecule has 2 aromatic heterocycles. The van der Waals surface area contributed by atoms with E-state index in [2.05, 4.69) is 182 Å². The topological polar surface area (TPSA) is 0 Å². The predicted octanol–water partition coefficient (Wildman–Crippen LogP) is 16.0. The highest BCUT2D eigenvalue weighted by atomic mass is 32.1. The summed E-state index contributed by atoms with van der Waals surface area (Å²) in [6.45, 7) is 0. The highest BCUT2D eigenvalue weighted by molar-refractivity contribution is 7.28. The Bertz CT molecular complexity index is 3440. The van der Waals surface area contributed by atoms with Gasteiger partial charge in [-0.2, -0.15) is 0 Å². The van der Waals surface area contributed by atoms with Crippen LogP contribution < -0.4 is 0 Å². The van der Waals surface area contributed by atoms with Crippen LogP contribution in [0.15, 0.2) is 182 Å². The van der Waals surface area contributed by atoms with Crippen LogP contribution in [0.3, 0.4) is 0 Å². The van der Waals surface area contributed by atoms with Gasteiger partial charge >= 0.3 is 0 Å². The third-order valence-corrected chi connectivity index (χ3v) is 13.7. The molecule has 250 valence electrons. The summed E-state index contributed by atoms with van der Waals surface area (Å²) >= 11 is 3.84. The molecular weight excluding hydrogens is 689 g/mol. The van der Waals surface area contributed by atoms with Crippen LogP contribution in [0.1, 0.15) is 0 Å². The number of benzene rings is 10. The molecule has 0 nitrogen and oxygen atoms in total. The Labute approximate surface area is 319 Å². The lowest BCUT2D eigenvalue weighted by atomic mass is 9.84. The fourth-order valence-corrected chi connectivity index (χ4v) is 11.6. The first-order valence-corrected chi connectivity index (χ1v) is 20.1. The summed E-state index contributed by atoms with van der Waals surface area (Å²) in [5, 5.41) is 15.7. The van der Waals surface area contributed by atoms with Crippen LogP contribution in [-0.4, -0.2) is 0 Å². The maximum Gasteiger partial charge on any atom is 0.0440 e. The molecule has 0 aliphatic rings. The first kappa shape index (κ1) is 30.2. The van der Waals surface area contributed by atoms with Gasteiger partial charge in [0.2, 0.25) is 0 Å². The molecule has 2 heteroatoms. The summed E-state index contributed by atoms with van der Waals surface area (Å²) in [5.41, 5.74) is 7.66. The van der Waals surface area contributed by atoms with E-state index in [0.29, 0.717) is 0 Å². The molecule has 54 heavy (non-hydrogen) atoms. The van der Waals surface area contributed by atoms with Crippen molar-refractivity contribution in [2.45, 2.75) is 0 Å². The molecule has 0 radical (unpaired) electrons. The zero-order valence-electron chi connectivity index (χ0n) is 29.1. The number of hydrogen-bond acceptors (Lipinski definition) is 2. The van der Waals surface area contributed by atoms with E-state index in [0.717, 1.165) is 0 Å². The molecule has 0 fully saturated rings. The summed E-state index contributed by atoms with van der Waals surface area (Å²) in [7, 11) is 0. The van der Waals surface area contributed by atoms with Gasteiger partial charge < -0.3 is 0 Å². The van der Waals surface area contributed by atoms with Crippen molar-refractivity contribution in [1.29, 1.82) is 0 Å². The van der Waals surface area contributed by atoms with Gasteiger partial charge in [0.05, 0.1) is 0 Å². The minimum Gasteiger partial charge on any atom is -0.135 e. The van der Waals surface area contributed by atoms with E-state index in [4.69, 9.17) is 0 Å². The molecule has 12 rings (SSSR count). The van der Waals surface area contributed by atoms with Crippen molar-refractivity contribution in [3.05, 3.63) is 182 Å². The van der Waals surface area contributed by atoms with E-state index in [1.807, 2.05) is 22.7 Å². The lowest BCUT2D eigenvalue weighted by Gasteiger charge is -2.19. The molecule has 12 aromatic rings. The SMILES string of the molecule is c1cc(-c2c3ccccc3c(-c3cccc4ccccc34)c3ccccc23)cc(-c2c3ccccc3cc3c2sc2ccc4sc5ccccc5c4c23)c1. The Kier molecular flexibility index (Phi) is 6.48. The molecule has 0 aliphatic carbocycles. The fourth-order valence-electron chi connectivity index (χ4n) is 9.17. The van der Waals surface area contributed by atoms with Crippen LogP contribution >= 0.6 is 22.7 Å². The fraction of sp³-hybridized carbons (Fsp3) is 0. The van der Waals surface area contributed by atoms with Gasteiger partial charge in [-0.05, 0) is 101 Å². The van der Waals surface area contributed by atoms with Gasteiger partial charge in [0.25, 0.3) is 0 Å². The van der Waals surface area contributed by atoms with Crippen LogP contribution in [0.4, 0.5) is 0 Å². The minimum atomic E-state index is 1.23. The maximum absolute atomic E-state index is 2.45. The summed E-state index contributed by atoms with van der Waals surface area (Å²) in [6, 6.07) is 67.8. The molecule has 0 aliphatic heterocycles. The standard InChI is InChI=1S/C52H30S2/c1-3-18-35-31(13-1)15-12-25-37(35)49-40-22-7-5-20-38(40)47(39-21-6-8-23-41(39)49)33-16-11-17-34(29-33)48-36-19-4-2-14-32(36)30-43-51-46(54-52(43)48)28-27-45-50(51)42-24-9-10-26-44(42)53-45/h1-30H. The van der Waals surface area contributed by atoms with Gasteiger partial charge in [-0.3, -0.25) is 0 Å². The Hall–Kier alpha value is -6.32. The van der Waals surface area contributed by atoms with Gasteiger partial charge in [-0.15, -0.1) is 22.7 Å². The lowest BCUT2D eigenvalue weighted by Crippen LogP contribution is -1.92. The van der Waals surface area contributed by atoms with Gasteiger partial charge in [-0.1, -0.05) is 152 Å². The molecule has 0 saturated heterocycles. The van der Waals surface area contributed by atoms with Crippen molar-refractivity contribution in [1.82, 2.24) is 0 Å². The Morgan fingerprint density at radius 2 is 0.796 bits per heavy atom. The Morgan fingerprint density at radius 3 is 1.54 bits per heavy atom.